The maximum absolute atomic E-state index is 12.4. The van der Waals surface area contributed by atoms with Crippen molar-refractivity contribution in [3.8, 4) is 0 Å². The second-order valence-electron chi connectivity index (χ2n) is 11.7. The fourth-order valence-electron chi connectivity index (χ4n) is 4.01. The summed E-state index contributed by atoms with van der Waals surface area (Å²) < 4.78 is 11.9. The van der Waals surface area contributed by atoms with Crippen LogP contribution in [-0.4, -0.2) is 49.6 Å². The zero-order valence-electron chi connectivity index (χ0n) is 21.3. The van der Waals surface area contributed by atoms with Crippen LogP contribution in [0.15, 0.2) is 24.4 Å². The lowest BCUT2D eigenvalue weighted by Gasteiger charge is -2.36. The Morgan fingerprint density at radius 1 is 1.12 bits per heavy atom. The van der Waals surface area contributed by atoms with Gasteiger partial charge < -0.3 is 19.0 Å². The van der Waals surface area contributed by atoms with Crippen molar-refractivity contribution in [1.29, 1.82) is 0 Å². The molecule has 1 amide bonds. The molecule has 1 aliphatic rings. The highest BCUT2D eigenvalue weighted by molar-refractivity contribution is 6.74. The first kappa shape index (κ1) is 24.8. The third kappa shape index (κ3) is 5.96. The van der Waals surface area contributed by atoms with Crippen molar-refractivity contribution in [2.24, 2.45) is 0 Å². The number of hydrogen-bond donors (Lipinski definition) is 1. The minimum atomic E-state index is -1.73. The molecule has 1 saturated heterocycles. The highest BCUT2D eigenvalue weighted by Gasteiger charge is 2.37. The minimum Gasteiger partial charge on any atom is -0.444 e. The van der Waals surface area contributed by atoms with Gasteiger partial charge in [-0.05, 0) is 87.3 Å². The number of hydrogen-bond acceptors (Lipinski definition) is 3. The van der Waals surface area contributed by atoms with Crippen LogP contribution in [0, 0.1) is 0 Å². The van der Waals surface area contributed by atoms with Crippen LogP contribution in [0.1, 0.15) is 71.4 Å². The number of benzene rings is 1. The van der Waals surface area contributed by atoms with Gasteiger partial charge >= 0.3 is 6.09 Å². The molecule has 3 rings (SSSR count). The van der Waals surface area contributed by atoms with Gasteiger partial charge in [-0.1, -0.05) is 26.8 Å². The van der Waals surface area contributed by atoms with Crippen LogP contribution in [0.3, 0.4) is 0 Å². The SMILES string of the molecule is CC(C)(C)OC(=O)N1CCC(c2ccc3[nH]cc(CCO[Si](C)(C)C(C)(C)C)c3c2)CC1. The van der Waals surface area contributed by atoms with Gasteiger partial charge in [0.15, 0.2) is 8.32 Å². The van der Waals surface area contributed by atoms with E-state index in [0.717, 1.165) is 39.0 Å². The molecule has 0 atom stereocenters. The van der Waals surface area contributed by atoms with Crippen molar-refractivity contribution < 1.29 is 14.0 Å². The van der Waals surface area contributed by atoms with E-state index in [0.29, 0.717) is 5.92 Å². The smallest absolute Gasteiger partial charge is 0.410 e. The number of rotatable bonds is 5. The molecule has 5 nitrogen and oxygen atoms in total. The first-order valence-corrected chi connectivity index (χ1v) is 14.9. The molecule has 0 radical (unpaired) electrons. The Labute approximate surface area is 195 Å². The van der Waals surface area contributed by atoms with E-state index >= 15 is 0 Å². The number of nitrogens with one attached hydrogen (secondary N) is 1. The van der Waals surface area contributed by atoms with Crippen molar-refractivity contribution in [2.45, 2.75) is 90.5 Å². The number of carbonyl (C=O) groups is 1. The Morgan fingerprint density at radius 2 is 1.78 bits per heavy atom. The Balaban J connectivity index is 1.63. The van der Waals surface area contributed by atoms with Gasteiger partial charge in [-0.3, -0.25) is 0 Å². The van der Waals surface area contributed by atoms with Gasteiger partial charge in [0.1, 0.15) is 5.60 Å². The van der Waals surface area contributed by atoms with Crippen molar-refractivity contribution in [3.63, 3.8) is 0 Å². The van der Waals surface area contributed by atoms with Crippen molar-refractivity contribution in [3.05, 3.63) is 35.5 Å². The Hall–Kier alpha value is -1.79. The van der Waals surface area contributed by atoms with Crippen LogP contribution in [0.4, 0.5) is 4.79 Å². The van der Waals surface area contributed by atoms with Crippen molar-refractivity contribution in [2.75, 3.05) is 19.7 Å². The largest absolute Gasteiger partial charge is 0.444 e. The van der Waals surface area contributed by atoms with E-state index in [4.69, 9.17) is 9.16 Å². The number of piperidine rings is 1. The van der Waals surface area contributed by atoms with Crippen molar-refractivity contribution in [1.82, 2.24) is 9.88 Å². The molecule has 0 bridgehead atoms. The fourth-order valence-corrected chi connectivity index (χ4v) is 5.06. The number of carbonyl (C=O) groups excluding carboxylic acids is 1. The van der Waals surface area contributed by atoms with E-state index in [1.165, 1.54) is 22.0 Å². The normalized spacial score (nSPS) is 16.6. The zero-order chi connectivity index (χ0) is 23.7. The highest BCUT2D eigenvalue weighted by Crippen LogP contribution is 2.37. The summed E-state index contributed by atoms with van der Waals surface area (Å²) in [6.45, 7) is 19.5. The standard InChI is InChI=1S/C26H42N2O3Si/c1-25(2,3)31-24(29)28-14-11-19(12-15-28)20-9-10-23-22(17-20)21(18-27-23)13-16-30-32(7,8)26(4,5)6/h9-10,17-19,27H,11-16H2,1-8H3. The summed E-state index contributed by atoms with van der Waals surface area (Å²) in [5, 5.41) is 1.53. The van der Waals surface area contributed by atoms with E-state index in [9.17, 15) is 4.79 Å². The molecule has 1 N–H and O–H groups in total. The molecule has 2 heterocycles. The first-order valence-electron chi connectivity index (χ1n) is 12.0. The fraction of sp³-hybridized carbons (Fsp3) is 0.654. The minimum absolute atomic E-state index is 0.193. The molecule has 32 heavy (non-hydrogen) atoms. The lowest BCUT2D eigenvalue weighted by Crippen LogP contribution is -2.41. The average molecular weight is 459 g/mol. The second kappa shape index (κ2) is 9.22. The second-order valence-corrected chi connectivity index (χ2v) is 16.5. The molecule has 1 fully saturated rings. The van der Waals surface area contributed by atoms with Gasteiger partial charge in [0.05, 0.1) is 0 Å². The van der Waals surface area contributed by atoms with E-state index in [1.807, 2.05) is 25.7 Å². The Kier molecular flexibility index (Phi) is 7.16. The number of likely N-dealkylation sites (tertiary alicyclic amines) is 1. The van der Waals surface area contributed by atoms with E-state index in [1.54, 1.807) is 0 Å². The molecule has 6 heteroatoms. The number of H-pyrrole nitrogens is 1. The topological polar surface area (TPSA) is 54.6 Å². The predicted octanol–water partition coefficient (Wildman–Crippen LogP) is 6.85. The molecular formula is C26H42N2O3Si. The summed E-state index contributed by atoms with van der Waals surface area (Å²) in [4.78, 5) is 17.6. The maximum Gasteiger partial charge on any atom is 0.410 e. The number of fused-ring (bicyclic) bond motifs is 1. The number of aromatic amines is 1. The van der Waals surface area contributed by atoms with Crippen LogP contribution in [0.5, 0.6) is 0 Å². The average Bonchev–Trinajstić information content (AvgIpc) is 3.08. The molecule has 0 spiro atoms. The van der Waals surface area contributed by atoms with Gasteiger partial charge in [-0.15, -0.1) is 0 Å². The third-order valence-electron chi connectivity index (χ3n) is 7.05. The van der Waals surface area contributed by atoms with Gasteiger partial charge in [0, 0.05) is 36.8 Å². The molecule has 1 aromatic heterocycles. The maximum atomic E-state index is 12.4. The number of nitrogens with zero attached hydrogens (tertiary/aromatic N) is 1. The monoisotopic (exact) mass is 458 g/mol. The van der Waals surface area contributed by atoms with Gasteiger partial charge in [-0.2, -0.15) is 0 Å². The van der Waals surface area contributed by atoms with E-state index < -0.39 is 13.9 Å². The molecule has 0 aliphatic carbocycles. The first-order chi connectivity index (χ1) is 14.8. The molecule has 1 aromatic carbocycles. The summed E-state index contributed by atoms with van der Waals surface area (Å²) in [6, 6.07) is 6.78. The zero-order valence-corrected chi connectivity index (χ0v) is 22.3. The van der Waals surface area contributed by atoms with E-state index in [2.05, 4.69) is 63.2 Å². The quantitative estimate of drug-likeness (QED) is 0.499. The summed E-state index contributed by atoms with van der Waals surface area (Å²) >= 11 is 0. The van der Waals surface area contributed by atoms with Crippen LogP contribution in [0.2, 0.25) is 18.1 Å². The predicted molar refractivity (Wildman–Crippen MR) is 135 cm³/mol. The molecule has 1 aliphatic heterocycles. The summed E-state index contributed by atoms with van der Waals surface area (Å²) in [5.41, 5.74) is 3.43. The van der Waals surface area contributed by atoms with E-state index in [-0.39, 0.29) is 11.1 Å². The molecular weight excluding hydrogens is 416 g/mol. The van der Waals surface area contributed by atoms with Crippen LogP contribution in [0.25, 0.3) is 10.9 Å². The Bertz CT molecular complexity index is 929. The van der Waals surface area contributed by atoms with Gasteiger partial charge in [-0.25, -0.2) is 4.79 Å². The number of ether oxygens (including phenoxy) is 1. The van der Waals surface area contributed by atoms with Crippen LogP contribution >= 0.6 is 0 Å². The summed E-state index contributed by atoms with van der Waals surface area (Å²) in [5.74, 6) is 0.476. The lowest BCUT2D eigenvalue weighted by atomic mass is 9.88. The molecule has 0 saturated carbocycles. The van der Waals surface area contributed by atoms with Gasteiger partial charge in [0.25, 0.3) is 0 Å². The number of amides is 1. The number of aromatic nitrogens is 1. The molecule has 178 valence electrons. The Morgan fingerprint density at radius 3 is 2.38 bits per heavy atom. The van der Waals surface area contributed by atoms with Crippen LogP contribution in [-0.2, 0) is 15.6 Å². The molecule has 0 unspecified atom stereocenters. The third-order valence-corrected chi connectivity index (χ3v) is 11.6. The summed E-state index contributed by atoms with van der Waals surface area (Å²) in [7, 11) is -1.73. The lowest BCUT2D eigenvalue weighted by molar-refractivity contribution is 0.0205. The summed E-state index contributed by atoms with van der Waals surface area (Å²) in [6.07, 6.45) is 4.81. The van der Waals surface area contributed by atoms with Crippen molar-refractivity contribution >= 4 is 25.3 Å². The van der Waals surface area contributed by atoms with Gasteiger partial charge in [0.2, 0.25) is 0 Å². The highest BCUT2D eigenvalue weighted by atomic mass is 28.4. The molecule has 2 aromatic rings. The van der Waals surface area contributed by atoms with Crippen LogP contribution < -0.4 is 0 Å².